The van der Waals surface area contributed by atoms with E-state index in [1.54, 1.807) is 7.11 Å². The fraction of sp³-hybridized carbons (Fsp3) is 0.125. The first-order valence-corrected chi connectivity index (χ1v) is 6.84. The van der Waals surface area contributed by atoms with E-state index in [1.165, 1.54) is 18.2 Å². The molecule has 0 saturated carbocycles. The molecule has 0 aromatic heterocycles. The van der Waals surface area contributed by atoms with Gasteiger partial charge in [0, 0.05) is 5.56 Å². The summed E-state index contributed by atoms with van der Waals surface area (Å²) in [7, 11) is 1.59. The topological polar surface area (TPSA) is 73.8 Å². The molecule has 1 N–H and O–H groups in total. The Hall–Kier alpha value is -2.53. The summed E-state index contributed by atoms with van der Waals surface area (Å²) in [5.41, 5.74) is 4.77. The van der Waals surface area contributed by atoms with Crippen LogP contribution in [0.25, 0.3) is 0 Å². The maximum atomic E-state index is 10.9. The van der Waals surface area contributed by atoms with Crippen LogP contribution in [0.5, 0.6) is 5.75 Å². The third-order valence-corrected chi connectivity index (χ3v) is 3.36. The van der Waals surface area contributed by atoms with E-state index in [4.69, 9.17) is 16.3 Å². The highest BCUT2D eigenvalue weighted by molar-refractivity contribution is 6.33. The fourth-order valence-corrected chi connectivity index (χ4v) is 1.95. The predicted octanol–water partition coefficient (Wildman–Crippen LogP) is 2.55. The molecule has 0 aliphatic rings. The summed E-state index contributed by atoms with van der Waals surface area (Å²) >= 11 is 6.01. The van der Waals surface area contributed by atoms with Crippen LogP contribution in [0.2, 0.25) is 5.02 Å². The number of halogens is 1. The molecule has 6 heteroatoms. The number of hydrazone groups is 1. The Morgan fingerprint density at radius 2 is 2.00 bits per heavy atom. The molecular weight excluding hydrogens is 304 g/mol. The summed E-state index contributed by atoms with van der Waals surface area (Å²) in [6.45, 7) is 1.82. The lowest BCUT2D eigenvalue weighted by Gasteiger charge is -2.09. The lowest BCUT2D eigenvalue weighted by atomic mass is 10.1. The van der Waals surface area contributed by atoms with E-state index < -0.39 is 5.97 Å². The number of hydrogen-bond donors (Lipinski definition) is 1. The highest BCUT2D eigenvalue weighted by atomic mass is 35.5. The number of aromatic carboxylic acids is 1. The van der Waals surface area contributed by atoms with Gasteiger partial charge in [-0.05, 0) is 36.8 Å². The number of nitrogens with one attached hydrogen (secondary N) is 1. The normalized spacial score (nSPS) is 11.1. The second-order valence-electron chi connectivity index (χ2n) is 4.52. The van der Waals surface area contributed by atoms with Crippen LogP contribution in [0.15, 0.2) is 47.6 Å². The zero-order valence-corrected chi connectivity index (χ0v) is 12.8. The van der Waals surface area contributed by atoms with Crippen LogP contribution in [-0.2, 0) is 0 Å². The second-order valence-corrected chi connectivity index (χ2v) is 4.93. The molecule has 2 rings (SSSR count). The second kappa shape index (κ2) is 6.95. The largest absolute Gasteiger partial charge is 0.545 e. The number of carboxylic acid groups (broad SMARTS) is 1. The molecule has 0 atom stereocenters. The van der Waals surface area contributed by atoms with Gasteiger partial charge in [0.1, 0.15) is 5.75 Å². The van der Waals surface area contributed by atoms with Gasteiger partial charge in [-0.2, -0.15) is 5.10 Å². The summed E-state index contributed by atoms with van der Waals surface area (Å²) in [5, 5.41) is 15.4. The molecule has 2 aromatic rings. The highest BCUT2D eigenvalue weighted by Crippen LogP contribution is 2.23. The number of carbonyl (C=O) groups is 1. The number of carboxylic acids is 1. The van der Waals surface area contributed by atoms with E-state index in [0.717, 1.165) is 11.3 Å². The van der Waals surface area contributed by atoms with Gasteiger partial charge >= 0.3 is 0 Å². The number of methoxy groups -OCH3 is 1. The van der Waals surface area contributed by atoms with Crippen LogP contribution in [-0.4, -0.2) is 18.8 Å². The number of ether oxygens (including phenoxy) is 1. The molecule has 0 unspecified atom stereocenters. The standard InChI is InChI=1S/C16H15ClN2O3/c1-10(11-4-3-5-13(8-11)22-2)18-19-15-9-12(16(20)21)6-7-14(15)17/h3-9,19H,1-2H3,(H,20,21)/p-1/b18-10-. The maximum Gasteiger partial charge on any atom is 0.119 e. The monoisotopic (exact) mass is 317 g/mol. The van der Waals surface area contributed by atoms with Gasteiger partial charge in [0.15, 0.2) is 0 Å². The van der Waals surface area contributed by atoms with Crippen LogP contribution in [0, 0.1) is 0 Å². The molecule has 0 fully saturated rings. The van der Waals surface area contributed by atoms with E-state index in [1.807, 2.05) is 31.2 Å². The Kier molecular flexibility index (Phi) is 5.01. The minimum atomic E-state index is -1.27. The molecular formula is C16H14ClN2O3-. The Labute approximate surface area is 133 Å². The zero-order valence-electron chi connectivity index (χ0n) is 12.1. The Bertz CT molecular complexity index is 729. The summed E-state index contributed by atoms with van der Waals surface area (Å²) in [6.07, 6.45) is 0. The van der Waals surface area contributed by atoms with Crippen molar-refractivity contribution in [2.24, 2.45) is 5.10 Å². The molecule has 0 aliphatic heterocycles. The minimum absolute atomic E-state index is 0.0288. The molecule has 0 saturated heterocycles. The van der Waals surface area contributed by atoms with E-state index in [2.05, 4.69) is 10.5 Å². The van der Waals surface area contributed by atoms with Gasteiger partial charge in [-0.25, -0.2) is 0 Å². The molecule has 0 spiro atoms. The number of hydrogen-bond acceptors (Lipinski definition) is 5. The van der Waals surface area contributed by atoms with Crippen molar-refractivity contribution in [3.05, 3.63) is 58.6 Å². The first-order chi connectivity index (χ1) is 10.5. The van der Waals surface area contributed by atoms with Crippen molar-refractivity contribution in [1.29, 1.82) is 0 Å². The fourth-order valence-electron chi connectivity index (χ4n) is 1.79. The Balaban J connectivity index is 2.23. The third kappa shape index (κ3) is 3.77. The van der Waals surface area contributed by atoms with Crippen molar-refractivity contribution < 1.29 is 14.6 Å². The van der Waals surface area contributed by atoms with Crippen LogP contribution >= 0.6 is 11.6 Å². The number of nitrogens with zero attached hydrogens (tertiary/aromatic N) is 1. The van der Waals surface area contributed by atoms with Crippen molar-refractivity contribution in [1.82, 2.24) is 0 Å². The lowest BCUT2D eigenvalue weighted by molar-refractivity contribution is -0.255. The quantitative estimate of drug-likeness (QED) is 0.679. The van der Waals surface area contributed by atoms with Crippen LogP contribution in [0.3, 0.4) is 0 Å². The van der Waals surface area contributed by atoms with Crippen molar-refractivity contribution in [2.45, 2.75) is 6.92 Å². The Morgan fingerprint density at radius 3 is 2.68 bits per heavy atom. The summed E-state index contributed by atoms with van der Waals surface area (Å²) < 4.78 is 5.16. The van der Waals surface area contributed by atoms with Crippen molar-refractivity contribution >= 4 is 29.0 Å². The number of benzene rings is 2. The average molecular weight is 318 g/mol. The molecule has 0 heterocycles. The first kappa shape index (κ1) is 15.9. The lowest BCUT2D eigenvalue weighted by Crippen LogP contribution is -2.22. The smallest absolute Gasteiger partial charge is 0.119 e. The van der Waals surface area contributed by atoms with Gasteiger partial charge in [0.2, 0.25) is 0 Å². The third-order valence-electron chi connectivity index (χ3n) is 3.03. The molecule has 5 nitrogen and oxygen atoms in total. The van der Waals surface area contributed by atoms with Gasteiger partial charge in [-0.15, -0.1) is 0 Å². The molecule has 0 amide bonds. The molecule has 22 heavy (non-hydrogen) atoms. The van der Waals surface area contributed by atoms with Gasteiger partial charge in [0.25, 0.3) is 0 Å². The van der Waals surface area contributed by atoms with Gasteiger partial charge in [-0.3, -0.25) is 5.43 Å². The van der Waals surface area contributed by atoms with Crippen LogP contribution in [0.1, 0.15) is 22.8 Å². The SMILES string of the molecule is COc1cccc(/C(C)=N\Nc2cc(C(=O)[O-])ccc2Cl)c1. The zero-order chi connectivity index (χ0) is 16.1. The summed E-state index contributed by atoms with van der Waals surface area (Å²) in [4.78, 5) is 10.9. The minimum Gasteiger partial charge on any atom is -0.545 e. The molecule has 0 bridgehead atoms. The van der Waals surface area contributed by atoms with Crippen molar-refractivity contribution in [3.63, 3.8) is 0 Å². The van der Waals surface area contributed by atoms with E-state index in [9.17, 15) is 9.90 Å². The maximum absolute atomic E-state index is 10.9. The molecule has 0 radical (unpaired) electrons. The van der Waals surface area contributed by atoms with E-state index in [0.29, 0.717) is 16.4 Å². The van der Waals surface area contributed by atoms with Gasteiger partial charge in [0.05, 0.1) is 29.5 Å². The molecule has 0 aliphatic carbocycles. The number of carbonyl (C=O) groups excluding carboxylic acids is 1. The van der Waals surface area contributed by atoms with Crippen LogP contribution < -0.4 is 15.3 Å². The summed E-state index contributed by atoms with van der Waals surface area (Å²) in [5.74, 6) is -0.544. The summed E-state index contributed by atoms with van der Waals surface area (Å²) in [6, 6.07) is 11.7. The van der Waals surface area contributed by atoms with Gasteiger partial charge < -0.3 is 14.6 Å². The van der Waals surface area contributed by atoms with Crippen molar-refractivity contribution in [3.8, 4) is 5.75 Å². The van der Waals surface area contributed by atoms with Gasteiger partial charge in [-0.1, -0.05) is 29.8 Å². The van der Waals surface area contributed by atoms with Crippen molar-refractivity contribution in [2.75, 3.05) is 12.5 Å². The first-order valence-electron chi connectivity index (χ1n) is 6.47. The van der Waals surface area contributed by atoms with E-state index in [-0.39, 0.29) is 5.56 Å². The highest BCUT2D eigenvalue weighted by Gasteiger charge is 2.04. The predicted molar refractivity (Wildman–Crippen MR) is 84.6 cm³/mol. The molecule has 114 valence electrons. The number of rotatable bonds is 5. The molecule has 2 aromatic carbocycles. The van der Waals surface area contributed by atoms with Crippen LogP contribution in [0.4, 0.5) is 5.69 Å². The average Bonchev–Trinajstić information content (AvgIpc) is 2.53. The number of anilines is 1. The Morgan fingerprint density at radius 1 is 1.23 bits per heavy atom. The van der Waals surface area contributed by atoms with E-state index >= 15 is 0 Å².